The van der Waals surface area contributed by atoms with Crippen LogP contribution in [0.15, 0.2) is 48.7 Å². The summed E-state index contributed by atoms with van der Waals surface area (Å²) in [5.41, 5.74) is 1.71. The molecule has 0 aliphatic rings. The topological polar surface area (TPSA) is 88.2 Å². The van der Waals surface area contributed by atoms with Crippen LogP contribution < -0.4 is 10.6 Å². The molecule has 0 saturated carbocycles. The molecule has 23 heavy (non-hydrogen) atoms. The second-order valence-electron chi connectivity index (χ2n) is 4.96. The van der Waals surface area contributed by atoms with Gasteiger partial charge in [-0.15, -0.1) is 0 Å². The molecule has 6 nitrogen and oxygen atoms in total. The summed E-state index contributed by atoms with van der Waals surface area (Å²) >= 11 is 0. The molecule has 0 spiro atoms. The van der Waals surface area contributed by atoms with Crippen molar-refractivity contribution in [2.24, 2.45) is 0 Å². The predicted molar refractivity (Wildman–Crippen MR) is 85.8 cm³/mol. The maximum Gasteiger partial charge on any atom is 0.233 e. The molecule has 6 heteroatoms. The van der Waals surface area contributed by atoms with Crippen molar-refractivity contribution in [3.05, 3.63) is 59.9 Å². The SMILES string of the molecule is CC(=O)c1cccc(NC(=O)CC(=O)NCc2ccccn2)c1. The first-order valence-electron chi connectivity index (χ1n) is 7.12. The van der Waals surface area contributed by atoms with Crippen LogP contribution in [0.3, 0.4) is 0 Å². The molecule has 0 aliphatic heterocycles. The molecule has 118 valence electrons. The van der Waals surface area contributed by atoms with Crippen LogP contribution in [0.5, 0.6) is 0 Å². The minimum absolute atomic E-state index is 0.0887. The second-order valence-corrected chi connectivity index (χ2v) is 4.96. The van der Waals surface area contributed by atoms with E-state index in [4.69, 9.17) is 0 Å². The van der Waals surface area contributed by atoms with E-state index in [1.165, 1.54) is 6.92 Å². The highest BCUT2D eigenvalue weighted by atomic mass is 16.2. The van der Waals surface area contributed by atoms with Gasteiger partial charge in [-0.1, -0.05) is 18.2 Å². The first-order chi connectivity index (χ1) is 11.0. The lowest BCUT2D eigenvalue weighted by molar-refractivity contribution is -0.126. The third-order valence-corrected chi connectivity index (χ3v) is 3.07. The van der Waals surface area contributed by atoms with Crippen molar-refractivity contribution in [1.29, 1.82) is 0 Å². The molecule has 0 unspecified atom stereocenters. The highest BCUT2D eigenvalue weighted by molar-refractivity contribution is 6.04. The molecule has 0 atom stereocenters. The van der Waals surface area contributed by atoms with Gasteiger partial charge in [0.15, 0.2) is 5.78 Å². The number of nitrogens with one attached hydrogen (secondary N) is 2. The Morgan fingerprint density at radius 2 is 1.87 bits per heavy atom. The third-order valence-electron chi connectivity index (χ3n) is 3.07. The number of hydrogen-bond acceptors (Lipinski definition) is 4. The number of pyridine rings is 1. The van der Waals surface area contributed by atoms with Gasteiger partial charge in [0, 0.05) is 17.4 Å². The Labute approximate surface area is 133 Å². The molecule has 0 bridgehead atoms. The highest BCUT2D eigenvalue weighted by Crippen LogP contribution is 2.11. The van der Waals surface area contributed by atoms with Gasteiger partial charge in [0.05, 0.1) is 12.2 Å². The fourth-order valence-corrected chi connectivity index (χ4v) is 1.92. The Balaban J connectivity index is 1.83. The zero-order valence-electron chi connectivity index (χ0n) is 12.7. The zero-order valence-corrected chi connectivity index (χ0v) is 12.7. The molecule has 2 N–H and O–H groups in total. The van der Waals surface area contributed by atoms with Crippen molar-refractivity contribution in [3.63, 3.8) is 0 Å². The summed E-state index contributed by atoms with van der Waals surface area (Å²) in [4.78, 5) is 39.0. The summed E-state index contributed by atoms with van der Waals surface area (Å²) in [5, 5.41) is 5.23. The van der Waals surface area contributed by atoms with E-state index in [1.54, 1.807) is 42.6 Å². The fraction of sp³-hybridized carbons (Fsp3) is 0.176. The summed E-state index contributed by atoms with van der Waals surface area (Å²) in [7, 11) is 0. The van der Waals surface area contributed by atoms with Crippen LogP contribution in [0.25, 0.3) is 0 Å². The molecular formula is C17H17N3O3. The van der Waals surface area contributed by atoms with Crippen LogP contribution >= 0.6 is 0 Å². The van der Waals surface area contributed by atoms with E-state index < -0.39 is 11.8 Å². The predicted octanol–water partition coefficient (Wildman–Crippen LogP) is 1.93. The Morgan fingerprint density at radius 1 is 1.04 bits per heavy atom. The lowest BCUT2D eigenvalue weighted by Crippen LogP contribution is -2.28. The van der Waals surface area contributed by atoms with Gasteiger partial charge in [-0.25, -0.2) is 0 Å². The van der Waals surface area contributed by atoms with Gasteiger partial charge in [-0.3, -0.25) is 19.4 Å². The van der Waals surface area contributed by atoms with E-state index in [-0.39, 0.29) is 18.7 Å². The number of benzene rings is 1. The van der Waals surface area contributed by atoms with Gasteiger partial charge in [0.1, 0.15) is 6.42 Å². The highest BCUT2D eigenvalue weighted by Gasteiger charge is 2.10. The molecule has 2 amide bonds. The van der Waals surface area contributed by atoms with E-state index in [2.05, 4.69) is 15.6 Å². The van der Waals surface area contributed by atoms with Gasteiger partial charge >= 0.3 is 0 Å². The number of Topliss-reactive ketones (excluding diaryl/α,β-unsaturated/α-hetero) is 1. The number of amides is 2. The van der Waals surface area contributed by atoms with Crippen LogP contribution in [0.2, 0.25) is 0 Å². The largest absolute Gasteiger partial charge is 0.350 e. The van der Waals surface area contributed by atoms with Crippen LogP contribution in [-0.4, -0.2) is 22.6 Å². The Morgan fingerprint density at radius 3 is 2.57 bits per heavy atom. The van der Waals surface area contributed by atoms with E-state index in [1.807, 2.05) is 6.07 Å². The maximum absolute atomic E-state index is 11.8. The van der Waals surface area contributed by atoms with Gasteiger partial charge in [-0.05, 0) is 31.2 Å². The Kier molecular flexibility index (Phi) is 5.57. The van der Waals surface area contributed by atoms with Crippen molar-refractivity contribution in [2.45, 2.75) is 19.9 Å². The third kappa shape index (κ3) is 5.35. The summed E-state index contributed by atoms with van der Waals surface area (Å²) < 4.78 is 0. The van der Waals surface area contributed by atoms with Crippen molar-refractivity contribution in [2.75, 3.05) is 5.32 Å². The van der Waals surface area contributed by atoms with Gasteiger partial charge in [0.2, 0.25) is 11.8 Å². The number of rotatable bonds is 6. The minimum atomic E-state index is -0.441. The van der Waals surface area contributed by atoms with E-state index >= 15 is 0 Å². The van der Waals surface area contributed by atoms with Crippen molar-refractivity contribution in [3.8, 4) is 0 Å². The molecule has 0 saturated heterocycles. The quantitative estimate of drug-likeness (QED) is 0.630. The lowest BCUT2D eigenvalue weighted by atomic mass is 10.1. The Bertz CT molecular complexity index is 714. The fourth-order valence-electron chi connectivity index (χ4n) is 1.92. The van der Waals surface area contributed by atoms with Crippen molar-refractivity contribution < 1.29 is 14.4 Å². The first-order valence-corrected chi connectivity index (χ1v) is 7.12. The summed E-state index contributed by atoms with van der Waals surface area (Å²) in [5.74, 6) is -0.922. The van der Waals surface area contributed by atoms with E-state index in [0.717, 1.165) is 5.69 Å². The number of carbonyl (C=O) groups excluding carboxylic acids is 3. The number of anilines is 1. The first kappa shape index (κ1) is 16.4. The molecule has 2 rings (SSSR count). The van der Waals surface area contributed by atoms with Crippen LogP contribution in [0.4, 0.5) is 5.69 Å². The van der Waals surface area contributed by atoms with Gasteiger partial charge in [0.25, 0.3) is 0 Å². The average molecular weight is 311 g/mol. The number of aromatic nitrogens is 1. The van der Waals surface area contributed by atoms with Crippen LogP contribution in [-0.2, 0) is 16.1 Å². The average Bonchev–Trinajstić information content (AvgIpc) is 2.54. The molecule has 2 aromatic rings. The molecule has 0 radical (unpaired) electrons. The molecular weight excluding hydrogens is 294 g/mol. The number of hydrogen-bond donors (Lipinski definition) is 2. The van der Waals surface area contributed by atoms with Crippen LogP contribution in [0.1, 0.15) is 29.4 Å². The normalized spacial score (nSPS) is 9.96. The monoisotopic (exact) mass is 311 g/mol. The minimum Gasteiger partial charge on any atom is -0.350 e. The zero-order chi connectivity index (χ0) is 16.7. The van der Waals surface area contributed by atoms with Crippen molar-refractivity contribution >= 4 is 23.3 Å². The number of carbonyl (C=O) groups is 3. The molecule has 1 heterocycles. The Hall–Kier alpha value is -3.02. The van der Waals surface area contributed by atoms with E-state index in [0.29, 0.717) is 11.3 Å². The molecule has 0 fully saturated rings. The molecule has 1 aromatic carbocycles. The molecule has 1 aromatic heterocycles. The summed E-state index contributed by atoms with van der Waals surface area (Å²) in [6.45, 7) is 1.72. The molecule has 0 aliphatic carbocycles. The number of ketones is 1. The summed E-state index contributed by atoms with van der Waals surface area (Å²) in [6.07, 6.45) is 1.34. The smallest absolute Gasteiger partial charge is 0.233 e. The second kappa shape index (κ2) is 7.84. The summed E-state index contributed by atoms with van der Waals surface area (Å²) in [6, 6.07) is 12.0. The standard InChI is InChI=1S/C17H17N3O3/c1-12(21)13-5-4-7-14(9-13)20-17(23)10-16(22)19-11-15-6-2-3-8-18-15/h2-9H,10-11H2,1H3,(H,19,22)(H,20,23). The maximum atomic E-state index is 11.8. The van der Waals surface area contributed by atoms with Gasteiger partial charge < -0.3 is 10.6 Å². The lowest BCUT2D eigenvalue weighted by Gasteiger charge is -2.07. The van der Waals surface area contributed by atoms with Gasteiger partial charge in [-0.2, -0.15) is 0 Å². The van der Waals surface area contributed by atoms with E-state index in [9.17, 15) is 14.4 Å². The number of nitrogens with zero attached hydrogens (tertiary/aromatic N) is 1. The van der Waals surface area contributed by atoms with Crippen molar-refractivity contribution in [1.82, 2.24) is 10.3 Å². The van der Waals surface area contributed by atoms with Crippen LogP contribution in [0, 0.1) is 0 Å².